The highest BCUT2D eigenvalue weighted by Crippen LogP contribution is 2.48. The van der Waals surface area contributed by atoms with Gasteiger partial charge in [-0.1, -0.05) is 18.2 Å². The molecule has 0 spiro atoms. The predicted molar refractivity (Wildman–Crippen MR) is 122 cm³/mol. The Morgan fingerprint density at radius 1 is 0.938 bits per heavy atom. The lowest BCUT2D eigenvalue weighted by molar-refractivity contribution is 0.0695. The van der Waals surface area contributed by atoms with Crippen LogP contribution in [0.1, 0.15) is 38.3 Å². The Morgan fingerprint density at radius 2 is 1.69 bits per heavy atom. The van der Waals surface area contributed by atoms with E-state index >= 15 is 0 Å². The Bertz CT molecular complexity index is 1230. The molecule has 4 rings (SSSR count). The molecule has 0 saturated carbocycles. The van der Waals surface area contributed by atoms with Crippen LogP contribution >= 0.6 is 0 Å². The van der Waals surface area contributed by atoms with E-state index in [4.69, 9.17) is 4.74 Å². The minimum absolute atomic E-state index is 0.0692. The molecular formula is C25H24N2O5. The van der Waals surface area contributed by atoms with Gasteiger partial charge in [-0.2, -0.15) is 0 Å². The van der Waals surface area contributed by atoms with Crippen molar-refractivity contribution >= 4 is 23.2 Å². The monoisotopic (exact) mass is 432 g/mol. The molecule has 0 amide bonds. The summed E-state index contributed by atoms with van der Waals surface area (Å²) in [5.74, 6) is -1.06. The molecule has 1 heterocycles. The van der Waals surface area contributed by atoms with Crippen molar-refractivity contribution in [1.29, 1.82) is 0 Å². The van der Waals surface area contributed by atoms with E-state index in [2.05, 4.69) is 0 Å². The maximum absolute atomic E-state index is 12.2. The number of rotatable bonds is 5. The number of allylic oxidation sites excluding steroid dienone is 2. The van der Waals surface area contributed by atoms with E-state index in [9.17, 15) is 19.8 Å². The minimum Gasteiger partial charge on any atom is -0.478 e. The molecule has 2 aliphatic rings. The normalized spacial score (nSPS) is 14.5. The molecule has 7 nitrogen and oxygen atoms in total. The molecular weight excluding hydrogens is 408 g/mol. The van der Waals surface area contributed by atoms with Crippen molar-refractivity contribution in [2.75, 3.05) is 33.1 Å². The first-order valence-corrected chi connectivity index (χ1v) is 10.1. The van der Waals surface area contributed by atoms with Gasteiger partial charge in [0, 0.05) is 57.0 Å². The third-order valence-corrected chi connectivity index (χ3v) is 5.64. The lowest BCUT2D eigenvalue weighted by Gasteiger charge is -2.32. The van der Waals surface area contributed by atoms with Gasteiger partial charge in [0.1, 0.15) is 5.76 Å². The second kappa shape index (κ2) is 7.92. The summed E-state index contributed by atoms with van der Waals surface area (Å²) >= 11 is 0. The van der Waals surface area contributed by atoms with E-state index in [-0.39, 0.29) is 11.1 Å². The molecule has 0 radical (unpaired) electrons. The average molecular weight is 432 g/mol. The number of carboxylic acids is 2. The van der Waals surface area contributed by atoms with Crippen molar-refractivity contribution in [2.45, 2.75) is 6.42 Å². The summed E-state index contributed by atoms with van der Waals surface area (Å²) in [6.07, 6.45) is 4.68. The number of carbonyl (C=O) groups is 2. The summed E-state index contributed by atoms with van der Waals surface area (Å²) in [6.45, 7) is 0. The van der Waals surface area contributed by atoms with Crippen LogP contribution in [0, 0.1) is 0 Å². The van der Waals surface area contributed by atoms with Crippen molar-refractivity contribution in [3.63, 3.8) is 0 Å². The van der Waals surface area contributed by atoms with E-state index in [0.29, 0.717) is 29.1 Å². The third kappa shape index (κ3) is 3.51. The maximum atomic E-state index is 12.2. The summed E-state index contributed by atoms with van der Waals surface area (Å²) < 4.78 is 6.33. The molecule has 164 valence electrons. The SMILES string of the molecule is CN(C)C1=CC2=C(c3ccc(C(=O)O)cc3C(=O)O)c3cccc(N(C)C)c3OC2=CC1. The van der Waals surface area contributed by atoms with Crippen LogP contribution in [-0.4, -0.2) is 55.2 Å². The van der Waals surface area contributed by atoms with Crippen LogP contribution in [0.4, 0.5) is 5.69 Å². The molecule has 32 heavy (non-hydrogen) atoms. The number of hydrogen-bond acceptors (Lipinski definition) is 5. The Balaban J connectivity index is 2.09. The number of nitrogens with zero attached hydrogens (tertiary/aromatic N) is 2. The Kier molecular flexibility index (Phi) is 5.26. The predicted octanol–water partition coefficient (Wildman–Crippen LogP) is 4.08. The van der Waals surface area contributed by atoms with Gasteiger partial charge in [-0.15, -0.1) is 0 Å². The van der Waals surface area contributed by atoms with Gasteiger partial charge in [-0.25, -0.2) is 9.59 Å². The molecule has 7 heteroatoms. The zero-order valence-corrected chi connectivity index (χ0v) is 18.3. The molecule has 1 aliphatic carbocycles. The molecule has 0 aromatic heterocycles. The standard InChI is InChI=1S/C25H24N2O5/c1-26(2)15-9-11-21-19(13-15)22(17-6-5-7-20(27(3)4)23(17)32-21)16-10-8-14(24(28)29)12-18(16)25(30)31/h5-8,10-13H,9H2,1-4H3,(H,28,29)(H,30,31). The highest BCUT2D eigenvalue weighted by molar-refractivity contribution is 6.03. The Morgan fingerprint density at radius 3 is 2.31 bits per heavy atom. The molecule has 1 aliphatic heterocycles. The van der Waals surface area contributed by atoms with Gasteiger partial charge < -0.3 is 24.7 Å². The van der Waals surface area contributed by atoms with Crippen molar-refractivity contribution in [2.24, 2.45) is 0 Å². The quantitative estimate of drug-likeness (QED) is 0.736. The summed E-state index contributed by atoms with van der Waals surface area (Å²) in [7, 11) is 7.75. The molecule has 0 unspecified atom stereocenters. The second-order valence-corrected chi connectivity index (χ2v) is 8.11. The molecule has 2 N–H and O–H groups in total. The highest BCUT2D eigenvalue weighted by atomic mass is 16.5. The van der Waals surface area contributed by atoms with Gasteiger partial charge in [0.05, 0.1) is 16.8 Å². The van der Waals surface area contributed by atoms with Crippen LogP contribution in [0.2, 0.25) is 0 Å². The fraction of sp³-hybridized carbons (Fsp3) is 0.200. The van der Waals surface area contributed by atoms with Crippen LogP contribution in [0.25, 0.3) is 5.57 Å². The van der Waals surface area contributed by atoms with E-state index < -0.39 is 11.9 Å². The zero-order chi connectivity index (χ0) is 23.2. The third-order valence-electron chi connectivity index (χ3n) is 5.64. The Labute approximate surface area is 186 Å². The number of ether oxygens (including phenoxy) is 1. The van der Waals surface area contributed by atoms with Gasteiger partial charge in [-0.05, 0) is 35.9 Å². The molecule has 2 aromatic carbocycles. The summed E-state index contributed by atoms with van der Waals surface area (Å²) in [4.78, 5) is 27.6. The topological polar surface area (TPSA) is 90.3 Å². The van der Waals surface area contributed by atoms with Crippen LogP contribution in [0.3, 0.4) is 0 Å². The van der Waals surface area contributed by atoms with Crippen LogP contribution in [0.15, 0.2) is 65.6 Å². The van der Waals surface area contributed by atoms with Crippen molar-refractivity contribution in [3.8, 4) is 5.75 Å². The van der Waals surface area contributed by atoms with Crippen LogP contribution in [-0.2, 0) is 0 Å². The summed E-state index contributed by atoms with van der Waals surface area (Å²) in [6, 6.07) is 9.96. The molecule has 0 atom stereocenters. The number of fused-ring (bicyclic) bond motifs is 2. The van der Waals surface area contributed by atoms with E-state index in [1.54, 1.807) is 6.07 Å². The first kappa shape index (κ1) is 21.2. The molecule has 0 bridgehead atoms. The van der Waals surface area contributed by atoms with Crippen molar-refractivity contribution in [3.05, 3.63) is 87.8 Å². The summed E-state index contributed by atoms with van der Waals surface area (Å²) in [5.41, 5.74) is 4.45. The number of carboxylic acid groups (broad SMARTS) is 2. The Hall–Kier alpha value is -4.00. The van der Waals surface area contributed by atoms with Gasteiger partial charge in [0.15, 0.2) is 5.75 Å². The van der Waals surface area contributed by atoms with Gasteiger partial charge in [0.25, 0.3) is 0 Å². The highest BCUT2D eigenvalue weighted by Gasteiger charge is 2.31. The number of benzene rings is 2. The van der Waals surface area contributed by atoms with Gasteiger partial charge >= 0.3 is 11.9 Å². The minimum atomic E-state index is -1.19. The van der Waals surface area contributed by atoms with Crippen molar-refractivity contribution in [1.82, 2.24) is 4.90 Å². The van der Waals surface area contributed by atoms with E-state index in [1.807, 2.05) is 68.3 Å². The number of hydrogen-bond donors (Lipinski definition) is 2. The lowest BCUT2D eigenvalue weighted by Crippen LogP contribution is -2.20. The largest absolute Gasteiger partial charge is 0.478 e. The number of para-hydroxylation sites is 1. The fourth-order valence-corrected chi connectivity index (χ4v) is 4.01. The van der Waals surface area contributed by atoms with Crippen LogP contribution < -0.4 is 9.64 Å². The molecule has 0 fully saturated rings. The maximum Gasteiger partial charge on any atom is 0.336 e. The van der Waals surface area contributed by atoms with Crippen LogP contribution in [0.5, 0.6) is 5.75 Å². The van der Waals surface area contributed by atoms with Gasteiger partial charge in [0.2, 0.25) is 0 Å². The van der Waals surface area contributed by atoms with E-state index in [1.165, 1.54) is 12.1 Å². The number of aromatic carboxylic acids is 2. The average Bonchev–Trinajstić information content (AvgIpc) is 2.76. The zero-order valence-electron chi connectivity index (χ0n) is 18.3. The van der Waals surface area contributed by atoms with E-state index in [0.717, 1.165) is 22.5 Å². The fourth-order valence-electron chi connectivity index (χ4n) is 4.01. The summed E-state index contributed by atoms with van der Waals surface area (Å²) in [5, 5.41) is 19.3. The first-order valence-electron chi connectivity index (χ1n) is 10.1. The molecule has 2 aromatic rings. The smallest absolute Gasteiger partial charge is 0.336 e. The second-order valence-electron chi connectivity index (χ2n) is 8.11. The molecule has 0 saturated heterocycles. The van der Waals surface area contributed by atoms with Crippen molar-refractivity contribution < 1.29 is 24.5 Å². The first-order chi connectivity index (χ1) is 15.2. The van der Waals surface area contributed by atoms with Gasteiger partial charge in [-0.3, -0.25) is 0 Å². The number of anilines is 1. The lowest BCUT2D eigenvalue weighted by atomic mass is 9.84.